The Morgan fingerprint density at radius 1 is 1.18 bits per heavy atom. The summed E-state index contributed by atoms with van der Waals surface area (Å²) in [7, 11) is 2.04. The number of rotatable bonds is 7. The van der Waals surface area contributed by atoms with Crippen molar-refractivity contribution in [3.8, 4) is 5.75 Å². The van der Waals surface area contributed by atoms with Crippen LogP contribution in [0.4, 0.5) is 10.8 Å². The number of benzene rings is 2. The first-order valence-corrected chi connectivity index (χ1v) is 10.5. The number of hydrogen-bond acceptors (Lipinski definition) is 5. The smallest absolute Gasteiger partial charge is 0.188 e. The molecule has 4 rings (SSSR count). The van der Waals surface area contributed by atoms with Gasteiger partial charge in [0.15, 0.2) is 5.13 Å². The highest BCUT2D eigenvalue weighted by atomic mass is 32.1. The topological polar surface area (TPSA) is 37.4 Å². The fourth-order valence-corrected chi connectivity index (χ4v) is 3.93. The van der Waals surface area contributed by atoms with Crippen LogP contribution < -0.4 is 10.1 Å². The van der Waals surface area contributed by atoms with Gasteiger partial charge in [0.1, 0.15) is 11.5 Å². The molecule has 0 saturated carbocycles. The second-order valence-electron chi connectivity index (χ2n) is 7.04. The molecule has 4 nitrogen and oxygen atoms in total. The molecule has 5 heteroatoms. The number of ether oxygens (including phenoxy) is 1. The molecule has 28 heavy (non-hydrogen) atoms. The molecule has 144 valence electrons. The summed E-state index contributed by atoms with van der Waals surface area (Å²) in [6.07, 6.45) is 9.67. The SMILES string of the molecule is CCCCc1ccc(Nc2nc3cc(OC4=CCN(C)C=C4)ccc3s2)cc1. The number of likely N-dealkylation sites (N-methyl/N-ethyl adjacent to an activating group) is 1. The Labute approximate surface area is 170 Å². The van der Waals surface area contributed by atoms with Gasteiger partial charge in [-0.15, -0.1) is 0 Å². The average molecular weight is 392 g/mol. The number of aryl methyl sites for hydroxylation is 1. The lowest BCUT2D eigenvalue weighted by Gasteiger charge is -2.17. The van der Waals surface area contributed by atoms with Crippen molar-refractivity contribution in [1.82, 2.24) is 9.88 Å². The number of nitrogens with one attached hydrogen (secondary N) is 1. The molecule has 0 aliphatic carbocycles. The highest BCUT2D eigenvalue weighted by Crippen LogP contribution is 2.31. The predicted molar refractivity (Wildman–Crippen MR) is 118 cm³/mol. The summed E-state index contributed by atoms with van der Waals surface area (Å²) >= 11 is 1.65. The number of hydrogen-bond donors (Lipinski definition) is 1. The van der Waals surface area contributed by atoms with Gasteiger partial charge >= 0.3 is 0 Å². The van der Waals surface area contributed by atoms with Gasteiger partial charge in [0.05, 0.1) is 10.2 Å². The number of unbranched alkanes of at least 4 members (excludes halogenated alkanes) is 1. The molecule has 0 radical (unpaired) electrons. The van der Waals surface area contributed by atoms with Crippen LogP contribution in [0.3, 0.4) is 0 Å². The van der Waals surface area contributed by atoms with Crippen LogP contribution in [-0.4, -0.2) is 23.5 Å². The molecule has 1 N–H and O–H groups in total. The molecule has 0 fully saturated rings. The van der Waals surface area contributed by atoms with Crippen molar-refractivity contribution in [1.29, 1.82) is 0 Å². The number of nitrogens with zero attached hydrogens (tertiary/aromatic N) is 2. The predicted octanol–water partition coefficient (Wildman–Crippen LogP) is 6.10. The van der Waals surface area contributed by atoms with E-state index in [0.29, 0.717) is 0 Å². The fourth-order valence-electron chi connectivity index (χ4n) is 3.06. The third-order valence-electron chi connectivity index (χ3n) is 4.69. The first kappa shape index (κ1) is 18.6. The number of anilines is 2. The van der Waals surface area contributed by atoms with Crippen LogP contribution in [0.15, 0.2) is 66.6 Å². The largest absolute Gasteiger partial charge is 0.458 e. The third kappa shape index (κ3) is 4.54. The Hall–Kier alpha value is -2.79. The van der Waals surface area contributed by atoms with Gasteiger partial charge in [-0.05, 0) is 54.8 Å². The zero-order valence-electron chi connectivity index (χ0n) is 16.3. The maximum absolute atomic E-state index is 5.98. The van der Waals surface area contributed by atoms with Crippen molar-refractivity contribution in [3.63, 3.8) is 0 Å². The second-order valence-corrected chi connectivity index (χ2v) is 8.07. The van der Waals surface area contributed by atoms with Crippen molar-refractivity contribution < 1.29 is 4.74 Å². The first-order chi connectivity index (χ1) is 13.7. The van der Waals surface area contributed by atoms with Crippen molar-refractivity contribution in [3.05, 3.63) is 72.1 Å². The number of aromatic nitrogens is 1. The van der Waals surface area contributed by atoms with Crippen LogP contribution in [-0.2, 0) is 6.42 Å². The maximum atomic E-state index is 5.98. The molecule has 0 atom stereocenters. The number of allylic oxidation sites excluding steroid dienone is 1. The van der Waals surface area contributed by atoms with Gasteiger partial charge in [0.25, 0.3) is 0 Å². The van der Waals surface area contributed by atoms with E-state index < -0.39 is 0 Å². The van der Waals surface area contributed by atoms with E-state index >= 15 is 0 Å². The van der Waals surface area contributed by atoms with Gasteiger partial charge in [0, 0.05) is 31.5 Å². The lowest BCUT2D eigenvalue weighted by molar-refractivity contribution is 0.416. The molecule has 0 unspecified atom stereocenters. The second kappa shape index (κ2) is 8.48. The quantitative estimate of drug-likeness (QED) is 0.528. The van der Waals surface area contributed by atoms with Crippen LogP contribution in [0.1, 0.15) is 25.3 Å². The standard InChI is InChI=1S/C23H25N3OS/c1-3-4-5-17-6-8-18(9-7-17)24-23-25-21-16-20(10-11-22(21)28-23)27-19-12-14-26(2)15-13-19/h6-14,16H,3-5,15H2,1-2H3,(H,24,25). The fraction of sp³-hybridized carbons (Fsp3) is 0.261. The molecule has 3 aromatic rings. The zero-order valence-corrected chi connectivity index (χ0v) is 17.1. The molecular formula is C23H25N3OS. The van der Waals surface area contributed by atoms with Gasteiger partial charge in [-0.25, -0.2) is 4.98 Å². The average Bonchev–Trinajstić information content (AvgIpc) is 3.11. The van der Waals surface area contributed by atoms with E-state index in [1.165, 1.54) is 18.4 Å². The Morgan fingerprint density at radius 3 is 2.79 bits per heavy atom. The summed E-state index contributed by atoms with van der Waals surface area (Å²) < 4.78 is 7.12. The van der Waals surface area contributed by atoms with E-state index in [1.54, 1.807) is 11.3 Å². The summed E-state index contributed by atoms with van der Waals surface area (Å²) in [5, 5.41) is 4.32. The molecular weight excluding hydrogens is 366 g/mol. The van der Waals surface area contributed by atoms with Crippen molar-refractivity contribution in [2.24, 2.45) is 0 Å². The van der Waals surface area contributed by atoms with Crippen LogP contribution in [0.25, 0.3) is 10.2 Å². The van der Waals surface area contributed by atoms with E-state index in [0.717, 1.165) is 45.5 Å². The minimum absolute atomic E-state index is 0.810. The van der Waals surface area contributed by atoms with Gasteiger partial charge in [-0.2, -0.15) is 0 Å². The molecule has 1 aromatic heterocycles. The van der Waals surface area contributed by atoms with E-state index in [2.05, 4.69) is 53.5 Å². The van der Waals surface area contributed by atoms with Crippen LogP contribution >= 0.6 is 11.3 Å². The highest BCUT2D eigenvalue weighted by Gasteiger charge is 2.08. The minimum Gasteiger partial charge on any atom is -0.458 e. The zero-order chi connectivity index (χ0) is 19.3. The van der Waals surface area contributed by atoms with Crippen LogP contribution in [0, 0.1) is 0 Å². The van der Waals surface area contributed by atoms with E-state index in [1.807, 2.05) is 31.5 Å². The summed E-state index contributed by atoms with van der Waals surface area (Å²) in [6.45, 7) is 3.08. The summed E-state index contributed by atoms with van der Waals surface area (Å²) in [6, 6.07) is 14.7. The van der Waals surface area contributed by atoms with E-state index in [9.17, 15) is 0 Å². The van der Waals surface area contributed by atoms with Gasteiger partial charge in [-0.3, -0.25) is 0 Å². The van der Waals surface area contributed by atoms with E-state index in [-0.39, 0.29) is 0 Å². The molecule has 2 heterocycles. The Bertz CT molecular complexity index is 1000. The lowest BCUT2D eigenvalue weighted by atomic mass is 10.1. The van der Waals surface area contributed by atoms with Crippen molar-refractivity contribution in [2.45, 2.75) is 26.2 Å². The van der Waals surface area contributed by atoms with Crippen LogP contribution in [0.5, 0.6) is 5.75 Å². The maximum Gasteiger partial charge on any atom is 0.188 e. The normalized spacial score (nSPS) is 13.6. The van der Waals surface area contributed by atoms with Crippen LogP contribution in [0.2, 0.25) is 0 Å². The van der Waals surface area contributed by atoms with Crippen molar-refractivity contribution >= 4 is 32.4 Å². The molecule has 0 amide bonds. The highest BCUT2D eigenvalue weighted by molar-refractivity contribution is 7.22. The Balaban J connectivity index is 1.45. The third-order valence-corrected chi connectivity index (χ3v) is 5.64. The summed E-state index contributed by atoms with van der Waals surface area (Å²) in [5.41, 5.74) is 3.40. The lowest BCUT2D eigenvalue weighted by Crippen LogP contribution is -2.15. The number of thiazole rings is 1. The molecule has 1 aliphatic rings. The monoisotopic (exact) mass is 391 g/mol. The molecule has 2 aromatic carbocycles. The molecule has 0 bridgehead atoms. The number of fused-ring (bicyclic) bond motifs is 1. The Morgan fingerprint density at radius 2 is 2.04 bits per heavy atom. The molecule has 0 spiro atoms. The first-order valence-electron chi connectivity index (χ1n) is 9.72. The van der Waals surface area contributed by atoms with Gasteiger partial charge in [0.2, 0.25) is 0 Å². The summed E-state index contributed by atoms with van der Waals surface area (Å²) in [4.78, 5) is 6.83. The molecule has 0 saturated heterocycles. The Kier molecular flexibility index (Phi) is 5.63. The minimum atomic E-state index is 0.810. The molecule has 1 aliphatic heterocycles. The summed E-state index contributed by atoms with van der Waals surface area (Å²) in [5.74, 6) is 1.68. The van der Waals surface area contributed by atoms with Crippen molar-refractivity contribution in [2.75, 3.05) is 18.9 Å². The van der Waals surface area contributed by atoms with E-state index in [4.69, 9.17) is 9.72 Å². The van der Waals surface area contributed by atoms with Gasteiger partial charge in [-0.1, -0.05) is 36.8 Å². The van der Waals surface area contributed by atoms with Gasteiger partial charge < -0.3 is 15.0 Å².